The maximum Gasteiger partial charge on any atom is 0.291 e. The Morgan fingerprint density at radius 2 is 2.03 bits per heavy atom. The molecule has 0 saturated heterocycles. The summed E-state index contributed by atoms with van der Waals surface area (Å²) < 4.78 is 8.37. The molecule has 29 heavy (non-hydrogen) atoms. The number of rotatable bonds is 4. The average Bonchev–Trinajstić information content (AvgIpc) is 3.48. The molecule has 0 fully saturated rings. The number of aromatic nitrogens is 5. The molecule has 2 aromatic carbocycles. The van der Waals surface area contributed by atoms with Crippen molar-refractivity contribution in [1.82, 2.24) is 25.2 Å². The number of thiazole rings is 1. The molecule has 1 N–H and O–H groups in total. The molecule has 5 aromatic rings. The Bertz CT molecular complexity index is 1290. The predicted molar refractivity (Wildman–Crippen MR) is 109 cm³/mol. The standard InChI is InChI=1S/C20H14N6O2S/c1-12-6-7-13(10-15(12)26-11-21-24-25-26)22-19(27)16-8-9-17(28-16)20-23-14-4-2-3-5-18(14)29-20/h2-11H,1H3,(H,22,27). The fourth-order valence-corrected chi connectivity index (χ4v) is 3.88. The molecule has 3 heterocycles. The van der Waals surface area contributed by atoms with Crippen LogP contribution in [0.25, 0.3) is 26.7 Å². The smallest absolute Gasteiger partial charge is 0.291 e. The van der Waals surface area contributed by atoms with Gasteiger partial charge >= 0.3 is 0 Å². The number of carbonyl (C=O) groups excluding carboxylic acids is 1. The lowest BCUT2D eigenvalue weighted by Gasteiger charge is -2.08. The van der Waals surface area contributed by atoms with Gasteiger partial charge in [-0.05, 0) is 59.3 Å². The number of nitrogens with zero attached hydrogens (tertiary/aromatic N) is 5. The van der Waals surface area contributed by atoms with Crippen LogP contribution in [-0.4, -0.2) is 31.1 Å². The van der Waals surface area contributed by atoms with Crippen LogP contribution in [0.5, 0.6) is 0 Å². The first-order valence-electron chi connectivity index (χ1n) is 8.78. The van der Waals surface area contributed by atoms with Gasteiger partial charge in [-0.3, -0.25) is 4.79 Å². The number of furan rings is 1. The van der Waals surface area contributed by atoms with E-state index in [1.807, 2.05) is 43.3 Å². The first-order valence-corrected chi connectivity index (χ1v) is 9.60. The van der Waals surface area contributed by atoms with E-state index in [0.717, 1.165) is 26.5 Å². The van der Waals surface area contributed by atoms with Gasteiger partial charge in [-0.25, -0.2) is 9.67 Å². The largest absolute Gasteiger partial charge is 0.448 e. The minimum atomic E-state index is -0.344. The molecule has 0 aliphatic heterocycles. The van der Waals surface area contributed by atoms with Gasteiger partial charge in [0.05, 0.1) is 15.9 Å². The van der Waals surface area contributed by atoms with Gasteiger partial charge in [-0.15, -0.1) is 16.4 Å². The summed E-state index contributed by atoms with van der Waals surface area (Å²) >= 11 is 1.52. The second-order valence-corrected chi connectivity index (χ2v) is 7.39. The number of aryl methyl sites for hydroxylation is 1. The molecule has 9 heteroatoms. The molecule has 0 atom stereocenters. The number of benzene rings is 2. The van der Waals surface area contributed by atoms with Gasteiger partial charge in [-0.2, -0.15) is 0 Å². The Hall–Kier alpha value is -3.85. The summed E-state index contributed by atoms with van der Waals surface area (Å²) in [6.45, 7) is 1.94. The van der Waals surface area contributed by atoms with E-state index in [2.05, 4.69) is 25.8 Å². The van der Waals surface area contributed by atoms with E-state index in [-0.39, 0.29) is 11.7 Å². The Balaban J connectivity index is 1.39. The van der Waals surface area contributed by atoms with E-state index >= 15 is 0 Å². The summed E-state index contributed by atoms with van der Waals surface area (Å²) in [4.78, 5) is 17.2. The average molecular weight is 402 g/mol. The molecule has 5 rings (SSSR count). The van der Waals surface area contributed by atoms with Gasteiger partial charge in [0.15, 0.2) is 16.5 Å². The summed E-state index contributed by atoms with van der Waals surface area (Å²) in [5.74, 6) is 0.433. The van der Waals surface area contributed by atoms with Gasteiger partial charge in [0, 0.05) is 5.69 Å². The maximum atomic E-state index is 12.6. The first kappa shape index (κ1) is 17.3. The predicted octanol–water partition coefficient (Wildman–Crippen LogP) is 4.09. The number of hydrogen-bond donors (Lipinski definition) is 1. The van der Waals surface area contributed by atoms with E-state index in [9.17, 15) is 4.79 Å². The highest BCUT2D eigenvalue weighted by atomic mass is 32.1. The normalized spacial score (nSPS) is 11.1. The Morgan fingerprint density at radius 1 is 1.14 bits per heavy atom. The zero-order valence-corrected chi connectivity index (χ0v) is 16.1. The van der Waals surface area contributed by atoms with E-state index in [1.54, 1.807) is 22.9 Å². The molecule has 0 spiro atoms. The summed E-state index contributed by atoms with van der Waals surface area (Å²) in [6.07, 6.45) is 1.50. The topological polar surface area (TPSA) is 98.7 Å². The number of para-hydroxylation sites is 1. The van der Waals surface area contributed by atoms with E-state index < -0.39 is 0 Å². The van der Waals surface area contributed by atoms with Gasteiger partial charge in [0.1, 0.15) is 6.33 Å². The molecule has 1 amide bonds. The Kier molecular flexibility index (Phi) is 4.14. The van der Waals surface area contributed by atoms with Crippen LogP contribution in [0.4, 0.5) is 5.69 Å². The lowest BCUT2D eigenvalue weighted by atomic mass is 10.2. The van der Waals surface area contributed by atoms with Gasteiger partial charge in [0.2, 0.25) is 0 Å². The number of amides is 1. The minimum Gasteiger partial charge on any atom is -0.448 e. The third-order valence-corrected chi connectivity index (χ3v) is 5.45. The van der Waals surface area contributed by atoms with E-state index in [0.29, 0.717) is 11.4 Å². The second-order valence-electron chi connectivity index (χ2n) is 6.36. The molecule has 0 unspecified atom stereocenters. The number of hydrogen-bond acceptors (Lipinski definition) is 7. The van der Waals surface area contributed by atoms with Crippen LogP contribution < -0.4 is 5.32 Å². The number of fused-ring (bicyclic) bond motifs is 1. The monoisotopic (exact) mass is 402 g/mol. The van der Waals surface area contributed by atoms with Crippen molar-refractivity contribution in [1.29, 1.82) is 0 Å². The van der Waals surface area contributed by atoms with Crippen molar-refractivity contribution in [3.63, 3.8) is 0 Å². The van der Waals surface area contributed by atoms with Crippen molar-refractivity contribution in [3.8, 4) is 16.5 Å². The van der Waals surface area contributed by atoms with Crippen molar-refractivity contribution >= 4 is 33.1 Å². The second kappa shape index (κ2) is 6.95. The van der Waals surface area contributed by atoms with Gasteiger partial charge in [0.25, 0.3) is 5.91 Å². The van der Waals surface area contributed by atoms with Crippen LogP contribution in [0.1, 0.15) is 16.1 Å². The summed E-state index contributed by atoms with van der Waals surface area (Å²) in [5.41, 5.74) is 3.28. The quantitative estimate of drug-likeness (QED) is 0.486. The molecular weight excluding hydrogens is 388 g/mol. The summed E-state index contributed by atoms with van der Waals surface area (Å²) in [5, 5.41) is 14.8. The molecule has 142 valence electrons. The fourth-order valence-electron chi connectivity index (χ4n) is 2.95. The van der Waals surface area contributed by atoms with Crippen molar-refractivity contribution in [2.24, 2.45) is 0 Å². The van der Waals surface area contributed by atoms with E-state index in [1.165, 1.54) is 17.7 Å². The van der Waals surface area contributed by atoms with Crippen LogP contribution in [0, 0.1) is 6.92 Å². The summed E-state index contributed by atoms with van der Waals surface area (Å²) in [6, 6.07) is 16.8. The fraction of sp³-hybridized carbons (Fsp3) is 0.0500. The summed E-state index contributed by atoms with van der Waals surface area (Å²) in [7, 11) is 0. The lowest BCUT2D eigenvalue weighted by Crippen LogP contribution is -2.11. The molecule has 3 aromatic heterocycles. The molecule has 0 aliphatic carbocycles. The van der Waals surface area contributed by atoms with Crippen molar-refractivity contribution in [2.45, 2.75) is 6.92 Å². The molecule has 8 nitrogen and oxygen atoms in total. The van der Waals surface area contributed by atoms with Gasteiger partial charge < -0.3 is 9.73 Å². The number of anilines is 1. The zero-order valence-electron chi connectivity index (χ0n) is 15.2. The third-order valence-electron chi connectivity index (χ3n) is 4.40. The molecule has 0 bridgehead atoms. The third kappa shape index (κ3) is 3.27. The first-order chi connectivity index (χ1) is 14.2. The molecular formula is C20H14N6O2S. The minimum absolute atomic E-state index is 0.212. The number of tetrazole rings is 1. The van der Waals surface area contributed by atoms with E-state index in [4.69, 9.17) is 4.42 Å². The number of nitrogens with one attached hydrogen (secondary N) is 1. The van der Waals surface area contributed by atoms with Crippen LogP contribution in [0.15, 0.2) is 65.3 Å². The van der Waals surface area contributed by atoms with Crippen LogP contribution >= 0.6 is 11.3 Å². The zero-order chi connectivity index (χ0) is 19.8. The number of carbonyl (C=O) groups is 1. The van der Waals surface area contributed by atoms with Crippen LogP contribution in [0.2, 0.25) is 0 Å². The maximum absolute atomic E-state index is 12.6. The highest BCUT2D eigenvalue weighted by Crippen LogP contribution is 2.31. The van der Waals surface area contributed by atoms with Crippen molar-refractivity contribution in [2.75, 3.05) is 5.32 Å². The van der Waals surface area contributed by atoms with Crippen molar-refractivity contribution in [3.05, 3.63) is 72.2 Å². The Labute approximate surface area is 168 Å². The Morgan fingerprint density at radius 3 is 2.86 bits per heavy atom. The molecule has 0 aliphatic rings. The molecule has 0 radical (unpaired) electrons. The van der Waals surface area contributed by atoms with Crippen molar-refractivity contribution < 1.29 is 9.21 Å². The SMILES string of the molecule is Cc1ccc(NC(=O)c2ccc(-c3nc4ccccc4s3)o2)cc1-n1cnnn1. The van der Waals surface area contributed by atoms with Crippen LogP contribution in [0.3, 0.4) is 0 Å². The lowest BCUT2D eigenvalue weighted by molar-refractivity contribution is 0.0997. The van der Waals surface area contributed by atoms with Crippen LogP contribution in [-0.2, 0) is 0 Å². The molecule has 0 saturated carbocycles. The van der Waals surface area contributed by atoms with Gasteiger partial charge in [-0.1, -0.05) is 18.2 Å². The highest BCUT2D eigenvalue weighted by Gasteiger charge is 2.16. The highest BCUT2D eigenvalue weighted by molar-refractivity contribution is 7.21.